The van der Waals surface area contributed by atoms with Crippen LogP contribution in [0.5, 0.6) is 0 Å². The van der Waals surface area contributed by atoms with Crippen LogP contribution in [0.25, 0.3) is 0 Å². The molecule has 0 radical (unpaired) electrons. The standard InChI is InChI=1S/C17H24Cl2N2O2S/c1-13-2-6-20(7-3-13)16-4-8-21(9-5-16)24(22,23)17-11-14(18)10-15(19)12-17/h10-13,16H,2-9H2,1H3. The first-order chi connectivity index (χ1) is 11.4. The van der Waals surface area contributed by atoms with E-state index in [-0.39, 0.29) is 4.90 Å². The van der Waals surface area contributed by atoms with E-state index >= 15 is 0 Å². The summed E-state index contributed by atoms with van der Waals surface area (Å²) in [5.41, 5.74) is 0. The Labute approximate surface area is 154 Å². The first-order valence-electron chi connectivity index (χ1n) is 8.56. The second kappa shape index (κ2) is 7.50. The molecule has 7 heteroatoms. The number of piperidine rings is 2. The predicted molar refractivity (Wildman–Crippen MR) is 98.2 cm³/mol. The summed E-state index contributed by atoms with van der Waals surface area (Å²) in [5, 5.41) is 0.691. The third-order valence-corrected chi connectivity index (χ3v) is 7.54. The number of nitrogens with zero attached hydrogens (tertiary/aromatic N) is 2. The fourth-order valence-corrected chi connectivity index (χ4v) is 5.86. The highest BCUT2D eigenvalue weighted by Gasteiger charge is 2.32. The van der Waals surface area contributed by atoms with Gasteiger partial charge in [0.15, 0.2) is 0 Å². The summed E-state index contributed by atoms with van der Waals surface area (Å²) in [5.74, 6) is 0.814. The van der Waals surface area contributed by atoms with Gasteiger partial charge in [0.25, 0.3) is 0 Å². The normalized spacial score (nSPS) is 22.8. The number of sulfonamides is 1. The van der Waals surface area contributed by atoms with Crippen LogP contribution in [0.15, 0.2) is 23.1 Å². The molecule has 0 amide bonds. The summed E-state index contributed by atoms with van der Waals surface area (Å²) in [6, 6.07) is 5.00. The molecule has 0 aromatic heterocycles. The summed E-state index contributed by atoms with van der Waals surface area (Å²) in [7, 11) is -3.52. The van der Waals surface area contributed by atoms with Gasteiger partial charge >= 0.3 is 0 Å². The maximum atomic E-state index is 12.8. The molecular weight excluding hydrogens is 367 g/mol. The number of hydrogen-bond donors (Lipinski definition) is 0. The molecule has 134 valence electrons. The molecule has 2 heterocycles. The monoisotopic (exact) mass is 390 g/mol. The molecular formula is C17H24Cl2N2O2S. The summed E-state index contributed by atoms with van der Waals surface area (Å²) in [6.07, 6.45) is 4.28. The van der Waals surface area contributed by atoms with Crippen LogP contribution in [0.3, 0.4) is 0 Å². The second-order valence-electron chi connectivity index (χ2n) is 6.96. The van der Waals surface area contributed by atoms with Crippen LogP contribution in [-0.2, 0) is 10.0 Å². The van der Waals surface area contributed by atoms with E-state index in [0.717, 1.165) is 31.8 Å². The lowest BCUT2D eigenvalue weighted by molar-refractivity contribution is 0.101. The Bertz CT molecular complexity index is 660. The molecule has 0 saturated carbocycles. The molecule has 2 fully saturated rings. The van der Waals surface area contributed by atoms with Gasteiger partial charge in [-0.3, -0.25) is 0 Å². The molecule has 3 rings (SSSR count). The molecule has 0 unspecified atom stereocenters. The maximum absolute atomic E-state index is 12.8. The molecule has 0 spiro atoms. The summed E-state index contributed by atoms with van der Waals surface area (Å²) < 4.78 is 27.2. The van der Waals surface area contributed by atoms with E-state index in [1.54, 1.807) is 10.4 Å². The lowest BCUT2D eigenvalue weighted by atomic mass is 9.95. The van der Waals surface area contributed by atoms with Crippen molar-refractivity contribution >= 4 is 33.2 Å². The number of rotatable bonds is 3. The van der Waals surface area contributed by atoms with Crippen molar-refractivity contribution in [3.63, 3.8) is 0 Å². The van der Waals surface area contributed by atoms with Gasteiger partial charge < -0.3 is 4.90 Å². The first kappa shape index (κ1) is 18.5. The van der Waals surface area contributed by atoms with Gasteiger partial charge in [-0.25, -0.2) is 8.42 Å². The Balaban J connectivity index is 1.65. The molecule has 1 aromatic rings. The van der Waals surface area contributed by atoms with Gasteiger partial charge in [-0.2, -0.15) is 4.31 Å². The van der Waals surface area contributed by atoms with Crippen molar-refractivity contribution in [2.75, 3.05) is 26.2 Å². The van der Waals surface area contributed by atoms with E-state index in [9.17, 15) is 8.42 Å². The van der Waals surface area contributed by atoms with Gasteiger partial charge in [0.1, 0.15) is 0 Å². The van der Waals surface area contributed by atoms with Crippen LogP contribution in [-0.4, -0.2) is 49.8 Å². The molecule has 2 saturated heterocycles. The highest BCUT2D eigenvalue weighted by atomic mass is 35.5. The van der Waals surface area contributed by atoms with E-state index < -0.39 is 10.0 Å². The Morgan fingerprint density at radius 2 is 1.46 bits per heavy atom. The van der Waals surface area contributed by atoms with E-state index in [2.05, 4.69) is 11.8 Å². The molecule has 0 atom stereocenters. The Morgan fingerprint density at radius 3 is 2.00 bits per heavy atom. The Kier molecular flexibility index (Phi) is 5.77. The Morgan fingerprint density at radius 1 is 0.917 bits per heavy atom. The minimum Gasteiger partial charge on any atom is -0.300 e. The zero-order valence-corrected chi connectivity index (χ0v) is 16.2. The van der Waals surface area contributed by atoms with E-state index in [0.29, 0.717) is 29.2 Å². The number of hydrogen-bond acceptors (Lipinski definition) is 3. The van der Waals surface area contributed by atoms with Crippen molar-refractivity contribution in [2.24, 2.45) is 5.92 Å². The number of likely N-dealkylation sites (tertiary alicyclic amines) is 1. The van der Waals surface area contributed by atoms with Crippen molar-refractivity contribution in [1.82, 2.24) is 9.21 Å². The lowest BCUT2D eigenvalue weighted by Crippen LogP contribution is -2.48. The predicted octanol–water partition coefficient (Wildman–Crippen LogP) is 3.88. The summed E-state index contributed by atoms with van der Waals surface area (Å²) in [4.78, 5) is 2.73. The summed E-state index contributed by atoms with van der Waals surface area (Å²) >= 11 is 11.9. The topological polar surface area (TPSA) is 40.6 Å². The zero-order valence-electron chi connectivity index (χ0n) is 13.9. The molecule has 1 aromatic carbocycles. The number of benzene rings is 1. The third-order valence-electron chi connectivity index (χ3n) is 5.23. The van der Waals surface area contributed by atoms with Gasteiger partial charge in [0, 0.05) is 29.2 Å². The van der Waals surface area contributed by atoms with Gasteiger partial charge in [-0.1, -0.05) is 30.1 Å². The first-order valence-corrected chi connectivity index (χ1v) is 10.8. The SMILES string of the molecule is CC1CCN(C2CCN(S(=O)(=O)c3cc(Cl)cc(Cl)c3)CC2)CC1. The van der Waals surface area contributed by atoms with Crippen molar-refractivity contribution in [2.45, 2.75) is 43.5 Å². The number of halogens is 2. The molecule has 0 N–H and O–H groups in total. The highest BCUT2D eigenvalue weighted by Crippen LogP contribution is 2.29. The van der Waals surface area contributed by atoms with Gasteiger partial charge in [0.05, 0.1) is 4.90 Å². The second-order valence-corrected chi connectivity index (χ2v) is 9.77. The van der Waals surface area contributed by atoms with Gasteiger partial charge in [-0.05, 0) is 62.9 Å². The quantitative estimate of drug-likeness (QED) is 0.785. The highest BCUT2D eigenvalue weighted by molar-refractivity contribution is 7.89. The van der Waals surface area contributed by atoms with E-state index in [1.807, 2.05) is 0 Å². The van der Waals surface area contributed by atoms with Crippen LogP contribution < -0.4 is 0 Å². The maximum Gasteiger partial charge on any atom is 0.243 e. The lowest BCUT2D eigenvalue weighted by Gasteiger charge is -2.41. The van der Waals surface area contributed by atoms with Crippen LogP contribution in [0.2, 0.25) is 10.0 Å². The fraction of sp³-hybridized carbons (Fsp3) is 0.647. The van der Waals surface area contributed by atoms with E-state index in [4.69, 9.17) is 23.2 Å². The minimum atomic E-state index is -3.52. The molecule has 4 nitrogen and oxygen atoms in total. The van der Waals surface area contributed by atoms with Gasteiger partial charge in [-0.15, -0.1) is 0 Å². The minimum absolute atomic E-state index is 0.185. The van der Waals surface area contributed by atoms with Crippen molar-refractivity contribution < 1.29 is 8.42 Å². The molecule has 2 aliphatic rings. The summed E-state index contributed by atoms with van der Waals surface area (Å²) in [6.45, 7) is 5.71. The Hall–Kier alpha value is -0.330. The molecule has 0 bridgehead atoms. The van der Waals surface area contributed by atoms with Crippen LogP contribution in [0.1, 0.15) is 32.6 Å². The zero-order chi connectivity index (χ0) is 17.3. The van der Waals surface area contributed by atoms with Crippen molar-refractivity contribution in [3.8, 4) is 0 Å². The smallest absolute Gasteiger partial charge is 0.243 e. The van der Waals surface area contributed by atoms with Crippen LogP contribution >= 0.6 is 23.2 Å². The van der Waals surface area contributed by atoms with Crippen LogP contribution in [0.4, 0.5) is 0 Å². The molecule has 2 aliphatic heterocycles. The van der Waals surface area contributed by atoms with Crippen molar-refractivity contribution in [1.29, 1.82) is 0 Å². The molecule has 0 aliphatic carbocycles. The van der Waals surface area contributed by atoms with Crippen molar-refractivity contribution in [3.05, 3.63) is 28.2 Å². The fourth-order valence-electron chi connectivity index (χ4n) is 3.67. The third kappa shape index (κ3) is 4.07. The van der Waals surface area contributed by atoms with Crippen LogP contribution in [0, 0.1) is 5.92 Å². The average molecular weight is 391 g/mol. The van der Waals surface area contributed by atoms with E-state index in [1.165, 1.54) is 25.0 Å². The largest absolute Gasteiger partial charge is 0.300 e. The van der Waals surface area contributed by atoms with Gasteiger partial charge in [0.2, 0.25) is 10.0 Å². The molecule has 24 heavy (non-hydrogen) atoms. The average Bonchev–Trinajstić information content (AvgIpc) is 2.55.